The van der Waals surface area contributed by atoms with Crippen molar-refractivity contribution in [1.29, 1.82) is 0 Å². The molecule has 2 aromatic carbocycles. The molecule has 1 aliphatic rings. The van der Waals surface area contributed by atoms with Crippen molar-refractivity contribution < 1.29 is 22.7 Å². The van der Waals surface area contributed by atoms with Gasteiger partial charge in [0.25, 0.3) is 0 Å². The minimum Gasteiger partial charge on any atom is -0.497 e. The number of methoxy groups -OCH3 is 1. The zero-order chi connectivity index (χ0) is 21.6. The number of amides is 1. The molecule has 1 saturated heterocycles. The summed E-state index contributed by atoms with van der Waals surface area (Å²) >= 11 is 0. The number of carbonyl (C=O) groups is 1. The smallest absolute Gasteiger partial charge is 0.243 e. The Balaban J connectivity index is 1.55. The lowest BCUT2D eigenvalue weighted by atomic mass is 9.97. The number of benzene rings is 2. The highest BCUT2D eigenvalue weighted by Gasteiger charge is 2.32. The molecule has 3 rings (SSSR count). The average Bonchev–Trinajstić information content (AvgIpc) is 2.78. The molecular formula is C22H26N2O5S. The quantitative estimate of drug-likeness (QED) is 0.650. The molecule has 160 valence electrons. The van der Waals surface area contributed by atoms with E-state index in [1.54, 1.807) is 42.5 Å². The second-order valence-electron chi connectivity index (χ2n) is 6.97. The molecule has 1 amide bonds. The zero-order valence-corrected chi connectivity index (χ0v) is 17.7. The molecule has 2 aromatic rings. The highest BCUT2D eigenvalue weighted by molar-refractivity contribution is 7.89. The van der Waals surface area contributed by atoms with Crippen LogP contribution in [0.2, 0.25) is 0 Å². The first-order valence-corrected chi connectivity index (χ1v) is 11.2. The lowest BCUT2D eigenvalue weighted by Crippen LogP contribution is -2.41. The van der Waals surface area contributed by atoms with E-state index >= 15 is 0 Å². The maximum absolute atomic E-state index is 12.8. The van der Waals surface area contributed by atoms with E-state index in [9.17, 15) is 13.2 Å². The maximum Gasteiger partial charge on any atom is 0.243 e. The van der Waals surface area contributed by atoms with Gasteiger partial charge in [0.05, 0.1) is 12.0 Å². The van der Waals surface area contributed by atoms with E-state index < -0.39 is 10.0 Å². The SMILES string of the molecule is C=CCOc1ccc(NC(=O)C2CCN(S(=O)(=O)c3ccc(OC)cc3)CC2)cc1. The van der Waals surface area contributed by atoms with Crippen LogP contribution in [0.25, 0.3) is 0 Å². The van der Waals surface area contributed by atoms with Crippen LogP contribution in [-0.2, 0) is 14.8 Å². The predicted molar refractivity (Wildman–Crippen MR) is 115 cm³/mol. The van der Waals surface area contributed by atoms with Crippen LogP contribution in [0.4, 0.5) is 5.69 Å². The Bertz CT molecular complexity index is 964. The molecule has 1 N–H and O–H groups in total. The Morgan fingerprint density at radius 1 is 1.10 bits per heavy atom. The van der Waals surface area contributed by atoms with Crippen LogP contribution in [-0.4, -0.2) is 45.4 Å². The highest BCUT2D eigenvalue weighted by Crippen LogP contribution is 2.26. The van der Waals surface area contributed by atoms with E-state index in [1.165, 1.54) is 23.5 Å². The van der Waals surface area contributed by atoms with Gasteiger partial charge >= 0.3 is 0 Å². The summed E-state index contributed by atoms with van der Waals surface area (Å²) in [6, 6.07) is 13.4. The zero-order valence-electron chi connectivity index (χ0n) is 16.9. The third kappa shape index (κ3) is 5.20. The fourth-order valence-corrected chi connectivity index (χ4v) is 4.76. The molecule has 7 nitrogen and oxygen atoms in total. The van der Waals surface area contributed by atoms with Crippen molar-refractivity contribution >= 4 is 21.6 Å². The average molecular weight is 431 g/mol. The monoisotopic (exact) mass is 430 g/mol. The fraction of sp³-hybridized carbons (Fsp3) is 0.318. The molecular weight excluding hydrogens is 404 g/mol. The molecule has 0 unspecified atom stereocenters. The third-order valence-corrected chi connectivity index (χ3v) is 6.92. The third-order valence-electron chi connectivity index (χ3n) is 5.01. The summed E-state index contributed by atoms with van der Waals surface area (Å²) in [5, 5.41) is 2.90. The molecule has 1 heterocycles. The number of nitrogens with one attached hydrogen (secondary N) is 1. The highest BCUT2D eigenvalue weighted by atomic mass is 32.2. The number of ether oxygens (including phenoxy) is 2. The summed E-state index contributed by atoms with van der Waals surface area (Å²) in [5.74, 6) is 0.967. The van der Waals surface area contributed by atoms with Gasteiger partial charge in [0.2, 0.25) is 15.9 Å². The van der Waals surface area contributed by atoms with Gasteiger partial charge in [0.15, 0.2) is 0 Å². The molecule has 0 saturated carbocycles. The first-order valence-electron chi connectivity index (χ1n) is 9.73. The van der Waals surface area contributed by atoms with Crippen LogP contribution in [0.15, 0.2) is 66.1 Å². The van der Waals surface area contributed by atoms with Gasteiger partial charge in [0, 0.05) is 24.7 Å². The van der Waals surface area contributed by atoms with Crippen LogP contribution in [0.3, 0.4) is 0 Å². The Morgan fingerprint density at radius 3 is 2.27 bits per heavy atom. The van der Waals surface area contributed by atoms with Crippen LogP contribution in [0.1, 0.15) is 12.8 Å². The summed E-state index contributed by atoms with van der Waals surface area (Å²) in [4.78, 5) is 12.8. The molecule has 30 heavy (non-hydrogen) atoms. The van der Waals surface area contributed by atoms with E-state index in [0.717, 1.165) is 0 Å². The molecule has 0 aromatic heterocycles. The maximum atomic E-state index is 12.8. The van der Waals surface area contributed by atoms with Gasteiger partial charge < -0.3 is 14.8 Å². The molecule has 0 atom stereocenters. The van der Waals surface area contributed by atoms with Crippen molar-refractivity contribution in [3.63, 3.8) is 0 Å². The summed E-state index contributed by atoms with van der Waals surface area (Å²) in [6.45, 7) is 4.63. The number of hydrogen-bond donors (Lipinski definition) is 1. The van der Waals surface area contributed by atoms with E-state index in [4.69, 9.17) is 9.47 Å². The van der Waals surface area contributed by atoms with Gasteiger partial charge in [-0.1, -0.05) is 12.7 Å². The molecule has 0 bridgehead atoms. The Kier molecular flexibility index (Phi) is 7.12. The Morgan fingerprint density at radius 2 is 1.70 bits per heavy atom. The molecule has 8 heteroatoms. The van der Waals surface area contributed by atoms with Crippen molar-refractivity contribution in [1.82, 2.24) is 4.31 Å². The van der Waals surface area contributed by atoms with Crippen LogP contribution in [0, 0.1) is 5.92 Å². The summed E-state index contributed by atoms with van der Waals surface area (Å²) in [5.41, 5.74) is 0.680. The largest absolute Gasteiger partial charge is 0.497 e. The lowest BCUT2D eigenvalue weighted by Gasteiger charge is -2.30. The molecule has 1 fully saturated rings. The number of hydrogen-bond acceptors (Lipinski definition) is 5. The van der Waals surface area contributed by atoms with Gasteiger partial charge in [-0.15, -0.1) is 0 Å². The topological polar surface area (TPSA) is 84.9 Å². The number of anilines is 1. The number of sulfonamides is 1. The summed E-state index contributed by atoms with van der Waals surface area (Å²) in [7, 11) is -2.05. The Labute approximate surface area is 177 Å². The lowest BCUT2D eigenvalue weighted by molar-refractivity contribution is -0.120. The Hall–Kier alpha value is -2.84. The number of carbonyl (C=O) groups excluding carboxylic acids is 1. The molecule has 0 spiro atoms. The van der Waals surface area contributed by atoms with Crippen molar-refractivity contribution in [2.75, 3.05) is 32.1 Å². The van der Waals surface area contributed by atoms with Crippen molar-refractivity contribution in [2.24, 2.45) is 5.92 Å². The van der Waals surface area contributed by atoms with Crippen molar-refractivity contribution in [2.45, 2.75) is 17.7 Å². The minimum atomic E-state index is -3.58. The normalized spacial score (nSPS) is 15.4. The summed E-state index contributed by atoms with van der Waals surface area (Å²) in [6.07, 6.45) is 2.61. The predicted octanol–water partition coefficient (Wildman–Crippen LogP) is 3.30. The second-order valence-corrected chi connectivity index (χ2v) is 8.91. The first-order chi connectivity index (χ1) is 14.4. The van der Waals surface area contributed by atoms with E-state index in [-0.39, 0.29) is 16.7 Å². The fourth-order valence-electron chi connectivity index (χ4n) is 3.29. The number of piperidine rings is 1. The van der Waals surface area contributed by atoms with Crippen molar-refractivity contribution in [3.8, 4) is 11.5 Å². The van der Waals surface area contributed by atoms with Crippen LogP contribution < -0.4 is 14.8 Å². The second kappa shape index (κ2) is 9.77. The first kappa shape index (κ1) is 21.9. The van der Waals surface area contributed by atoms with Gasteiger partial charge in [-0.25, -0.2) is 8.42 Å². The van der Waals surface area contributed by atoms with Gasteiger partial charge in [-0.05, 0) is 61.4 Å². The molecule has 1 aliphatic heterocycles. The van der Waals surface area contributed by atoms with Gasteiger partial charge in [-0.3, -0.25) is 4.79 Å². The molecule has 0 radical (unpaired) electrons. The summed E-state index contributed by atoms with van der Waals surface area (Å²) < 4.78 is 37.6. The standard InChI is InChI=1S/C22H26N2O5S/c1-3-16-29-20-6-4-18(5-7-20)23-22(25)17-12-14-24(15-13-17)30(26,27)21-10-8-19(28-2)9-11-21/h3-11,17H,1,12-16H2,2H3,(H,23,25). The number of rotatable bonds is 8. The van der Waals surface area contributed by atoms with E-state index in [2.05, 4.69) is 11.9 Å². The van der Waals surface area contributed by atoms with Crippen LogP contribution in [0.5, 0.6) is 11.5 Å². The van der Waals surface area contributed by atoms with E-state index in [0.29, 0.717) is 49.7 Å². The number of nitrogens with zero attached hydrogens (tertiary/aromatic N) is 1. The minimum absolute atomic E-state index is 0.101. The van der Waals surface area contributed by atoms with Crippen molar-refractivity contribution in [3.05, 3.63) is 61.2 Å². The van der Waals surface area contributed by atoms with Gasteiger partial charge in [-0.2, -0.15) is 4.31 Å². The van der Waals surface area contributed by atoms with Crippen LogP contribution >= 0.6 is 0 Å². The van der Waals surface area contributed by atoms with E-state index in [1.807, 2.05) is 0 Å². The van der Waals surface area contributed by atoms with Gasteiger partial charge in [0.1, 0.15) is 18.1 Å². The molecule has 0 aliphatic carbocycles.